The number of nitrogens with zero attached hydrogens (tertiary/aromatic N) is 2. The Morgan fingerprint density at radius 2 is 1.60 bits per heavy atom. The smallest absolute Gasteiger partial charge is 0.244 e. The summed E-state index contributed by atoms with van der Waals surface area (Å²) in [5, 5.41) is 2.99. The van der Waals surface area contributed by atoms with Gasteiger partial charge < -0.3 is 19.7 Å². The van der Waals surface area contributed by atoms with Crippen molar-refractivity contribution in [2.45, 2.75) is 39.8 Å². The summed E-state index contributed by atoms with van der Waals surface area (Å²) in [7, 11) is -1.03. The number of nitrogens with one attached hydrogen (secondary N) is 1. The first-order valence-corrected chi connectivity index (χ1v) is 15.6. The fourth-order valence-electron chi connectivity index (χ4n) is 4.53. The molecule has 2 amide bonds. The Balaban J connectivity index is 2.10. The molecule has 3 rings (SSSR count). The summed E-state index contributed by atoms with van der Waals surface area (Å²) in [6.45, 7) is 5.96. The van der Waals surface area contributed by atoms with E-state index in [2.05, 4.69) is 5.32 Å². The van der Waals surface area contributed by atoms with Crippen molar-refractivity contribution < 1.29 is 27.5 Å². The zero-order valence-electron chi connectivity index (χ0n) is 25.2. The number of ether oxygens (including phenoxy) is 2. The number of methoxy groups -OCH3 is 2. The SMILES string of the molecule is COc1ccc(N(CC(=O)N(Cc2ccccc2C)[C@H](Cc2ccccc2)C(=O)NCC(C)C)S(C)(=O)=O)c(OC)c1. The van der Waals surface area contributed by atoms with Crippen LogP contribution in [0.1, 0.15) is 30.5 Å². The zero-order valence-corrected chi connectivity index (χ0v) is 26.0. The molecule has 0 bridgehead atoms. The molecule has 0 saturated heterocycles. The fourth-order valence-corrected chi connectivity index (χ4v) is 5.39. The van der Waals surface area contributed by atoms with E-state index in [1.165, 1.54) is 25.2 Å². The maximum Gasteiger partial charge on any atom is 0.244 e. The Kier molecular flexibility index (Phi) is 11.4. The number of sulfonamides is 1. The van der Waals surface area contributed by atoms with Gasteiger partial charge in [-0.25, -0.2) is 8.42 Å². The van der Waals surface area contributed by atoms with Gasteiger partial charge in [-0.2, -0.15) is 0 Å². The normalized spacial score (nSPS) is 12.0. The van der Waals surface area contributed by atoms with Crippen LogP contribution in [0.25, 0.3) is 0 Å². The minimum Gasteiger partial charge on any atom is -0.497 e. The number of aryl methyl sites for hydroxylation is 1. The maximum absolute atomic E-state index is 14.3. The molecule has 1 atom stereocenters. The van der Waals surface area contributed by atoms with E-state index in [9.17, 15) is 18.0 Å². The lowest BCUT2D eigenvalue weighted by Gasteiger charge is -2.34. The monoisotopic (exact) mass is 595 g/mol. The molecule has 0 spiro atoms. The maximum atomic E-state index is 14.3. The largest absolute Gasteiger partial charge is 0.497 e. The molecule has 0 fully saturated rings. The van der Waals surface area contributed by atoms with Crippen LogP contribution in [0.3, 0.4) is 0 Å². The summed E-state index contributed by atoms with van der Waals surface area (Å²) in [5.74, 6) is 0.0783. The van der Waals surface area contributed by atoms with Crippen LogP contribution in [0.15, 0.2) is 72.8 Å². The first kappa shape index (κ1) is 32.5. The van der Waals surface area contributed by atoms with Crippen molar-refractivity contribution in [1.29, 1.82) is 0 Å². The predicted molar refractivity (Wildman–Crippen MR) is 165 cm³/mol. The highest BCUT2D eigenvalue weighted by Crippen LogP contribution is 2.34. The standard InChI is InChI=1S/C32H41N3O6S/c1-23(2)20-33-32(37)29(18-25-13-8-7-9-14-25)34(21-26-15-11-10-12-24(26)3)31(36)22-35(42(6,38)39)28-17-16-27(40-4)19-30(28)41-5/h7-17,19,23,29H,18,20-22H2,1-6H3,(H,33,37)/t29-/m1/s1. The number of benzene rings is 3. The highest BCUT2D eigenvalue weighted by molar-refractivity contribution is 7.92. The Labute approximate surface area is 249 Å². The van der Waals surface area contributed by atoms with Gasteiger partial charge >= 0.3 is 0 Å². The van der Waals surface area contributed by atoms with Crippen LogP contribution < -0.4 is 19.1 Å². The van der Waals surface area contributed by atoms with Crippen molar-refractivity contribution in [1.82, 2.24) is 10.2 Å². The highest BCUT2D eigenvalue weighted by atomic mass is 32.2. The lowest BCUT2D eigenvalue weighted by Crippen LogP contribution is -2.53. The molecule has 0 saturated carbocycles. The van der Waals surface area contributed by atoms with Crippen LogP contribution in [-0.2, 0) is 32.6 Å². The van der Waals surface area contributed by atoms with Crippen molar-refractivity contribution in [2.75, 3.05) is 37.9 Å². The highest BCUT2D eigenvalue weighted by Gasteiger charge is 2.34. The molecule has 9 nitrogen and oxygen atoms in total. The number of amides is 2. The van der Waals surface area contributed by atoms with Gasteiger partial charge in [0.15, 0.2) is 0 Å². The van der Waals surface area contributed by atoms with Crippen molar-refractivity contribution in [3.8, 4) is 11.5 Å². The molecule has 0 aliphatic heterocycles. The van der Waals surface area contributed by atoms with E-state index < -0.39 is 28.5 Å². The van der Waals surface area contributed by atoms with E-state index in [4.69, 9.17) is 9.47 Å². The number of rotatable bonds is 14. The molecule has 0 aliphatic carbocycles. The third-order valence-electron chi connectivity index (χ3n) is 6.89. The van der Waals surface area contributed by atoms with Gasteiger partial charge in [0.2, 0.25) is 21.8 Å². The second kappa shape index (κ2) is 14.7. The Bertz CT molecular complexity index is 1460. The number of hydrogen-bond acceptors (Lipinski definition) is 6. The van der Waals surface area contributed by atoms with E-state index in [0.29, 0.717) is 12.3 Å². The Morgan fingerprint density at radius 1 is 0.929 bits per heavy atom. The van der Waals surface area contributed by atoms with Crippen LogP contribution in [0, 0.1) is 12.8 Å². The molecular formula is C32H41N3O6S. The van der Waals surface area contributed by atoms with Gasteiger partial charge in [-0.3, -0.25) is 13.9 Å². The summed E-state index contributed by atoms with van der Waals surface area (Å²) < 4.78 is 37.9. The minimum absolute atomic E-state index is 0.120. The molecule has 0 heterocycles. The van der Waals surface area contributed by atoms with Crippen LogP contribution >= 0.6 is 0 Å². The van der Waals surface area contributed by atoms with E-state index in [1.54, 1.807) is 12.1 Å². The molecule has 42 heavy (non-hydrogen) atoms. The van der Waals surface area contributed by atoms with Crippen molar-refractivity contribution in [3.63, 3.8) is 0 Å². The molecular weight excluding hydrogens is 554 g/mol. The molecule has 0 radical (unpaired) electrons. The average Bonchev–Trinajstić information content (AvgIpc) is 2.96. The van der Waals surface area contributed by atoms with Crippen molar-refractivity contribution >= 4 is 27.5 Å². The second-order valence-corrected chi connectivity index (χ2v) is 12.5. The number of hydrogen-bond donors (Lipinski definition) is 1. The Morgan fingerprint density at radius 3 is 2.19 bits per heavy atom. The topological polar surface area (TPSA) is 105 Å². The van der Waals surface area contributed by atoms with Crippen LogP contribution in [0.5, 0.6) is 11.5 Å². The molecule has 1 N–H and O–H groups in total. The Hall–Kier alpha value is -4.05. The van der Waals surface area contributed by atoms with Crippen LogP contribution in [0.4, 0.5) is 5.69 Å². The van der Waals surface area contributed by atoms with Gasteiger partial charge in [-0.15, -0.1) is 0 Å². The molecule has 0 unspecified atom stereocenters. The van der Waals surface area contributed by atoms with Crippen LogP contribution in [-0.4, -0.2) is 64.7 Å². The summed E-state index contributed by atoms with van der Waals surface area (Å²) in [6, 6.07) is 20.9. The molecule has 3 aromatic carbocycles. The number of anilines is 1. The third kappa shape index (κ3) is 8.72. The number of carbonyl (C=O) groups is 2. The van der Waals surface area contributed by atoms with E-state index in [0.717, 1.165) is 27.3 Å². The van der Waals surface area contributed by atoms with E-state index in [1.807, 2.05) is 75.4 Å². The molecule has 0 aromatic heterocycles. The van der Waals surface area contributed by atoms with Crippen LogP contribution in [0.2, 0.25) is 0 Å². The zero-order chi connectivity index (χ0) is 30.9. The molecule has 10 heteroatoms. The van der Waals surface area contributed by atoms with Gasteiger partial charge in [0.1, 0.15) is 24.1 Å². The lowest BCUT2D eigenvalue weighted by molar-refractivity contribution is -0.140. The molecule has 0 aliphatic rings. The van der Waals surface area contributed by atoms with Crippen molar-refractivity contribution in [2.24, 2.45) is 5.92 Å². The summed E-state index contributed by atoms with van der Waals surface area (Å²) in [6.07, 6.45) is 1.29. The van der Waals surface area contributed by atoms with Gasteiger partial charge in [-0.05, 0) is 41.7 Å². The summed E-state index contributed by atoms with van der Waals surface area (Å²) in [5.41, 5.74) is 2.87. The first-order valence-electron chi connectivity index (χ1n) is 13.8. The average molecular weight is 596 g/mol. The lowest BCUT2D eigenvalue weighted by atomic mass is 10.0. The van der Waals surface area contributed by atoms with Gasteiger partial charge in [0.25, 0.3) is 0 Å². The fraction of sp³-hybridized carbons (Fsp3) is 0.375. The van der Waals surface area contributed by atoms with E-state index in [-0.39, 0.29) is 36.2 Å². The van der Waals surface area contributed by atoms with Gasteiger partial charge in [0.05, 0.1) is 26.2 Å². The quantitative estimate of drug-likeness (QED) is 0.300. The van der Waals surface area contributed by atoms with Gasteiger partial charge in [-0.1, -0.05) is 68.4 Å². The van der Waals surface area contributed by atoms with E-state index >= 15 is 0 Å². The predicted octanol–water partition coefficient (Wildman–Crippen LogP) is 4.19. The first-order chi connectivity index (χ1) is 19.9. The number of carbonyl (C=O) groups excluding carboxylic acids is 2. The summed E-state index contributed by atoms with van der Waals surface area (Å²) >= 11 is 0. The second-order valence-electron chi connectivity index (χ2n) is 10.6. The molecule has 226 valence electrons. The molecule has 3 aromatic rings. The third-order valence-corrected chi connectivity index (χ3v) is 8.02. The van der Waals surface area contributed by atoms with Gasteiger partial charge in [0, 0.05) is 25.6 Å². The summed E-state index contributed by atoms with van der Waals surface area (Å²) in [4.78, 5) is 29.5. The van der Waals surface area contributed by atoms with Crippen molar-refractivity contribution in [3.05, 3.63) is 89.5 Å². The minimum atomic E-state index is -3.94.